The van der Waals surface area contributed by atoms with E-state index in [1.54, 1.807) is 0 Å². The molecule has 15 nitrogen and oxygen atoms in total. The average Bonchev–Trinajstić information content (AvgIpc) is 3.81. The number of esters is 1. The first kappa shape index (κ1) is 43.7. The van der Waals surface area contributed by atoms with Gasteiger partial charge in [0.1, 0.15) is 60.6 Å². The molecule has 3 saturated heterocycles. The molecule has 0 radical (unpaired) electrons. The number of hydrogen-bond donors (Lipinski definition) is 4. The van der Waals surface area contributed by atoms with Crippen LogP contribution in [0.15, 0.2) is 18.2 Å². The maximum atomic E-state index is 14.1. The van der Waals surface area contributed by atoms with Crippen molar-refractivity contribution in [3.8, 4) is 0 Å². The topological polar surface area (TPSA) is 195 Å². The molecular weight excluding hydrogens is 769 g/mol. The Morgan fingerprint density at radius 3 is 2.07 bits per heavy atom. The summed E-state index contributed by atoms with van der Waals surface area (Å²) in [5.41, 5.74) is -0.327. The lowest BCUT2D eigenvalue weighted by molar-refractivity contribution is -0.312. The maximum Gasteiger partial charge on any atom is 0.456 e. The van der Waals surface area contributed by atoms with Gasteiger partial charge in [-0.2, -0.15) is 22.0 Å². The SMILES string of the molecule is C[C@@H]1NC(=O)[C@H](C)N(C)C(=O)[C@@H]2CCCN2C(=O)[C@@H](NC(=O)[C@H](Cc2cc(F)cc(F)c2)NC(=O)CC(O)C(F)(F)C(F)(F)F)COC(=O)[C@@H]2CCCN2C1=O. The summed E-state index contributed by atoms with van der Waals surface area (Å²) in [5, 5.41) is 16.2. The molecule has 3 aliphatic rings. The van der Waals surface area contributed by atoms with Crippen molar-refractivity contribution in [1.82, 2.24) is 30.7 Å². The van der Waals surface area contributed by atoms with Crippen LogP contribution in [0.1, 0.15) is 51.5 Å². The molecule has 0 aliphatic carbocycles. The molecule has 3 aliphatic heterocycles. The number of aliphatic hydroxyl groups is 1. The number of ether oxygens (including phenoxy) is 1. The summed E-state index contributed by atoms with van der Waals surface area (Å²) in [6.07, 6.45) is -11.8. The number of cyclic esters (lactones) is 1. The molecule has 7 atom stereocenters. The van der Waals surface area contributed by atoms with Gasteiger partial charge in [-0.25, -0.2) is 13.6 Å². The highest BCUT2D eigenvalue weighted by molar-refractivity contribution is 5.97. The van der Waals surface area contributed by atoms with Crippen molar-refractivity contribution in [2.45, 2.75) is 107 Å². The molecule has 1 aromatic carbocycles. The number of likely N-dealkylation sites (N-methyl/N-ethyl adjacent to an activating group) is 1. The minimum absolute atomic E-state index is 0.0695. The Hall–Kier alpha value is -5.02. The predicted octanol–water partition coefficient (Wildman–Crippen LogP) is 0.316. The van der Waals surface area contributed by atoms with Crippen molar-refractivity contribution in [2.75, 3.05) is 26.7 Å². The number of nitrogens with zero attached hydrogens (tertiary/aromatic N) is 3. The first-order valence-electron chi connectivity index (χ1n) is 17.5. The fraction of sp³-hybridized carbons (Fsp3) is 0.618. The van der Waals surface area contributed by atoms with Crippen molar-refractivity contribution in [1.29, 1.82) is 0 Å². The number of nitrogens with one attached hydrogen (secondary N) is 3. The van der Waals surface area contributed by atoms with Gasteiger partial charge in [0.15, 0.2) is 0 Å². The fourth-order valence-electron chi connectivity index (χ4n) is 6.64. The maximum absolute atomic E-state index is 14.1. The van der Waals surface area contributed by atoms with E-state index >= 15 is 0 Å². The number of benzene rings is 1. The van der Waals surface area contributed by atoms with E-state index in [9.17, 15) is 69.4 Å². The monoisotopic (exact) mass is 810 g/mol. The Kier molecular flexibility index (Phi) is 13.6. The van der Waals surface area contributed by atoms with Gasteiger partial charge in [-0.15, -0.1) is 0 Å². The third-order valence-corrected chi connectivity index (χ3v) is 9.86. The van der Waals surface area contributed by atoms with Crippen LogP contribution >= 0.6 is 0 Å². The molecule has 0 saturated carbocycles. The second kappa shape index (κ2) is 17.4. The normalized spacial score (nSPS) is 25.6. The van der Waals surface area contributed by atoms with E-state index in [0.717, 1.165) is 26.8 Å². The van der Waals surface area contributed by atoms with E-state index in [-0.39, 0.29) is 37.9 Å². The first-order chi connectivity index (χ1) is 26.0. The zero-order valence-electron chi connectivity index (χ0n) is 30.3. The highest BCUT2D eigenvalue weighted by Crippen LogP contribution is 2.39. The van der Waals surface area contributed by atoms with Gasteiger partial charge in [-0.3, -0.25) is 28.8 Å². The second-order valence-electron chi connectivity index (χ2n) is 13.9. The van der Waals surface area contributed by atoms with E-state index in [1.165, 1.54) is 20.9 Å². The van der Waals surface area contributed by atoms with E-state index in [0.29, 0.717) is 12.5 Å². The lowest BCUT2D eigenvalue weighted by Crippen LogP contribution is -2.60. The van der Waals surface area contributed by atoms with Crippen LogP contribution in [-0.2, 0) is 44.7 Å². The van der Waals surface area contributed by atoms with Crippen LogP contribution in [0, 0.1) is 11.6 Å². The van der Waals surface area contributed by atoms with Gasteiger partial charge in [0.05, 0.1) is 6.42 Å². The van der Waals surface area contributed by atoms with Gasteiger partial charge in [0.2, 0.25) is 35.4 Å². The Bertz CT molecular complexity index is 1700. The van der Waals surface area contributed by atoms with Crippen LogP contribution in [0.4, 0.5) is 30.7 Å². The highest BCUT2D eigenvalue weighted by Gasteiger charge is 2.62. The van der Waals surface area contributed by atoms with Gasteiger partial charge in [0.25, 0.3) is 0 Å². The molecule has 3 fully saturated rings. The van der Waals surface area contributed by atoms with Gasteiger partial charge in [0, 0.05) is 32.6 Å². The Morgan fingerprint density at radius 1 is 0.911 bits per heavy atom. The van der Waals surface area contributed by atoms with Crippen molar-refractivity contribution < 1.29 is 74.1 Å². The zero-order chi connectivity index (χ0) is 41.9. The lowest BCUT2D eigenvalue weighted by atomic mass is 10.0. The number of carbonyl (C=O) groups is 7. The molecule has 310 valence electrons. The molecule has 4 N–H and O–H groups in total. The molecule has 4 rings (SSSR count). The summed E-state index contributed by atoms with van der Waals surface area (Å²) >= 11 is 0. The largest absolute Gasteiger partial charge is 0.461 e. The third-order valence-electron chi connectivity index (χ3n) is 9.86. The molecule has 3 heterocycles. The van der Waals surface area contributed by atoms with Crippen LogP contribution in [0.5, 0.6) is 0 Å². The summed E-state index contributed by atoms with van der Waals surface area (Å²) < 4.78 is 99.5. The number of carbonyl (C=O) groups excluding carboxylic acids is 7. The van der Waals surface area contributed by atoms with E-state index in [4.69, 9.17) is 4.74 Å². The Balaban J connectivity index is 1.68. The predicted molar refractivity (Wildman–Crippen MR) is 176 cm³/mol. The van der Waals surface area contributed by atoms with E-state index in [1.807, 2.05) is 5.32 Å². The van der Waals surface area contributed by atoms with Crippen LogP contribution in [0.3, 0.4) is 0 Å². The van der Waals surface area contributed by atoms with Crippen LogP contribution in [0.2, 0.25) is 0 Å². The van der Waals surface area contributed by atoms with Gasteiger partial charge >= 0.3 is 18.1 Å². The number of rotatable bonds is 8. The zero-order valence-corrected chi connectivity index (χ0v) is 30.3. The number of halogens is 7. The lowest BCUT2D eigenvalue weighted by Gasteiger charge is -2.34. The second-order valence-corrected chi connectivity index (χ2v) is 13.9. The van der Waals surface area contributed by atoms with Crippen LogP contribution in [-0.4, -0.2) is 142 Å². The number of aliphatic hydroxyl groups excluding tert-OH is 1. The Morgan fingerprint density at radius 2 is 1.48 bits per heavy atom. The Labute approximate surface area is 315 Å². The quantitative estimate of drug-likeness (QED) is 0.211. The molecule has 0 bridgehead atoms. The number of amides is 6. The third kappa shape index (κ3) is 9.85. The van der Waals surface area contributed by atoms with Crippen molar-refractivity contribution in [2.24, 2.45) is 0 Å². The summed E-state index contributed by atoms with van der Waals surface area (Å²) in [4.78, 5) is 97.3. The first-order valence-corrected chi connectivity index (χ1v) is 17.5. The molecular formula is C34H41F7N6O9. The van der Waals surface area contributed by atoms with Crippen LogP contribution < -0.4 is 16.0 Å². The standard InChI is InChI=1S/C34H41F7N6O9/c1-16-29(52)47-9-5-7-24(47)32(55)56-15-22(30(53)46-8-4-6-23(46)31(54)45(3)17(2)27(50)42-16)44-28(51)21(12-18-10-19(35)13-20(36)11-18)43-26(49)14-25(48)33(37,38)34(39,40)41/h10-11,13,16-17,21-25,48H,4-9,12,14-15H2,1-3H3,(H,42,50)(H,43,49)(H,44,51)/t16-,17-,21-,22-,23-,24-,25?/m0/s1. The molecule has 56 heavy (non-hydrogen) atoms. The summed E-state index contributed by atoms with van der Waals surface area (Å²) in [6.45, 7) is 1.85. The van der Waals surface area contributed by atoms with Crippen molar-refractivity contribution in [3.63, 3.8) is 0 Å². The molecule has 1 aromatic rings. The summed E-state index contributed by atoms with van der Waals surface area (Å²) in [5.74, 6) is -15.3. The van der Waals surface area contributed by atoms with Crippen molar-refractivity contribution >= 4 is 41.4 Å². The van der Waals surface area contributed by atoms with Crippen LogP contribution in [0.25, 0.3) is 0 Å². The van der Waals surface area contributed by atoms with Gasteiger partial charge in [-0.1, -0.05) is 0 Å². The minimum atomic E-state index is -6.26. The molecule has 22 heteroatoms. The summed E-state index contributed by atoms with van der Waals surface area (Å²) in [6, 6.07) is -6.73. The molecule has 0 spiro atoms. The summed E-state index contributed by atoms with van der Waals surface area (Å²) in [7, 11) is 1.30. The van der Waals surface area contributed by atoms with Crippen molar-refractivity contribution in [3.05, 3.63) is 35.4 Å². The number of fused-ring (bicyclic) bond motifs is 2. The average molecular weight is 811 g/mol. The van der Waals surface area contributed by atoms with E-state index in [2.05, 4.69) is 10.6 Å². The molecule has 6 amide bonds. The molecule has 1 unspecified atom stereocenters. The highest BCUT2D eigenvalue weighted by atomic mass is 19.4. The van der Waals surface area contributed by atoms with E-state index < -0.39 is 127 Å². The molecule has 0 aromatic heterocycles. The van der Waals surface area contributed by atoms with Gasteiger partial charge < -0.3 is 40.5 Å². The fourth-order valence-corrected chi connectivity index (χ4v) is 6.64. The number of hydrogen-bond acceptors (Lipinski definition) is 9. The minimum Gasteiger partial charge on any atom is -0.461 e. The number of alkyl halides is 5. The van der Waals surface area contributed by atoms with Gasteiger partial charge in [-0.05, 0) is 57.2 Å². The smallest absolute Gasteiger partial charge is 0.456 e.